The van der Waals surface area contributed by atoms with Crippen LogP contribution in [0.3, 0.4) is 0 Å². The van der Waals surface area contributed by atoms with Gasteiger partial charge in [0.15, 0.2) is 6.17 Å². The summed E-state index contributed by atoms with van der Waals surface area (Å²) in [7, 11) is 1.21. The number of carbonyl (C=O) groups excluding carboxylic acids is 2. The molecular formula is C16H19FO4. The number of halogens is 1. The molecule has 0 aromatic heterocycles. The van der Waals surface area contributed by atoms with E-state index >= 15 is 0 Å². The first-order valence-electron chi connectivity index (χ1n) is 6.70. The minimum atomic E-state index is -1.81. The Balaban J connectivity index is 2.88. The van der Waals surface area contributed by atoms with Gasteiger partial charge in [-0.15, -0.1) is 0 Å². The minimum absolute atomic E-state index is 0.0433. The number of methoxy groups -OCH3 is 1. The molecule has 1 unspecified atom stereocenters. The van der Waals surface area contributed by atoms with Gasteiger partial charge in [-0.2, -0.15) is 0 Å². The molecule has 0 N–H and O–H groups in total. The summed E-state index contributed by atoms with van der Waals surface area (Å²) in [6.07, 6.45) is -0.243. The molecule has 5 heteroatoms. The van der Waals surface area contributed by atoms with Crippen molar-refractivity contribution in [2.75, 3.05) is 13.7 Å². The lowest BCUT2D eigenvalue weighted by molar-refractivity contribution is -0.139. The summed E-state index contributed by atoms with van der Waals surface area (Å²) in [4.78, 5) is 23.3. The summed E-state index contributed by atoms with van der Waals surface area (Å²) in [5.41, 5.74) is -0.223. The van der Waals surface area contributed by atoms with E-state index in [9.17, 15) is 14.0 Å². The van der Waals surface area contributed by atoms with Crippen molar-refractivity contribution in [3.63, 3.8) is 0 Å². The van der Waals surface area contributed by atoms with E-state index in [0.717, 1.165) is 6.42 Å². The molecule has 0 aliphatic carbocycles. The Morgan fingerprint density at radius 3 is 2.62 bits per heavy atom. The van der Waals surface area contributed by atoms with E-state index in [1.54, 1.807) is 12.1 Å². The predicted molar refractivity (Wildman–Crippen MR) is 76.6 cm³/mol. The van der Waals surface area contributed by atoms with Crippen molar-refractivity contribution >= 4 is 11.9 Å². The van der Waals surface area contributed by atoms with Crippen LogP contribution in [0.15, 0.2) is 36.4 Å². The number of carbonyl (C=O) groups is 2. The van der Waals surface area contributed by atoms with E-state index in [2.05, 4.69) is 11.3 Å². The molecule has 0 saturated carbocycles. The van der Waals surface area contributed by atoms with Gasteiger partial charge in [-0.25, -0.2) is 14.0 Å². The van der Waals surface area contributed by atoms with E-state index < -0.39 is 18.1 Å². The third kappa shape index (κ3) is 4.41. The number of hydrogen-bond acceptors (Lipinski definition) is 4. The van der Waals surface area contributed by atoms with E-state index in [-0.39, 0.29) is 23.3 Å². The molecule has 1 aromatic rings. The molecule has 0 aliphatic rings. The summed E-state index contributed by atoms with van der Waals surface area (Å²) in [5, 5.41) is 0. The number of hydrogen-bond donors (Lipinski definition) is 0. The molecule has 4 nitrogen and oxygen atoms in total. The number of benzene rings is 1. The van der Waals surface area contributed by atoms with Crippen LogP contribution < -0.4 is 0 Å². The van der Waals surface area contributed by atoms with Gasteiger partial charge in [-0.1, -0.05) is 38.1 Å². The van der Waals surface area contributed by atoms with Gasteiger partial charge >= 0.3 is 11.9 Å². The average molecular weight is 294 g/mol. The van der Waals surface area contributed by atoms with Crippen LogP contribution in [0.5, 0.6) is 0 Å². The molecule has 0 heterocycles. The number of unbranched alkanes of at least 4 members (excludes halogenated alkanes) is 1. The molecule has 0 spiro atoms. The molecule has 1 rings (SSSR count). The highest BCUT2D eigenvalue weighted by Crippen LogP contribution is 2.29. The highest BCUT2D eigenvalue weighted by molar-refractivity contribution is 5.93. The van der Waals surface area contributed by atoms with E-state index in [1.165, 1.54) is 19.2 Å². The zero-order chi connectivity index (χ0) is 15.8. The largest absolute Gasteiger partial charge is 0.465 e. The van der Waals surface area contributed by atoms with Crippen LogP contribution >= 0.6 is 0 Å². The summed E-state index contributed by atoms with van der Waals surface area (Å²) in [6, 6.07) is 6.01. The van der Waals surface area contributed by atoms with Crippen molar-refractivity contribution in [1.29, 1.82) is 0 Å². The summed E-state index contributed by atoms with van der Waals surface area (Å²) < 4.78 is 24.0. The zero-order valence-electron chi connectivity index (χ0n) is 12.2. The van der Waals surface area contributed by atoms with Gasteiger partial charge in [0.25, 0.3) is 0 Å². The smallest absolute Gasteiger partial charge is 0.338 e. The normalized spacial score (nSPS) is 11.6. The van der Waals surface area contributed by atoms with Gasteiger partial charge in [0.05, 0.1) is 24.9 Å². The first kappa shape index (κ1) is 16.9. The molecule has 0 fully saturated rings. The molecule has 1 aromatic carbocycles. The average Bonchev–Trinajstić information content (AvgIpc) is 2.52. The fourth-order valence-electron chi connectivity index (χ4n) is 1.71. The fraction of sp³-hybridized carbons (Fsp3) is 0.375. The maximum atomic E-state index is 14.4. The van der Waals surface area contributed by atoms with Crippen molar-refractivity contribution in [3.05, 3.63) is 47.5 Å². The molecule has 0 bridgehead atoms. The van der Waals surface area contributed by atoms with Gasteiger partial charge < -0.3 is 9.47 Å². The van der Waals surface area contributed by atoms with E-state index in [1.807, 2.05) is 6.92 Å². The Kier molecular flexibility index (Phi) is 6.59. The third-order valence-corrected chi connectivity index (χ3v) is 2.94. The SMILES string of the molecule is C=C(C(=O)OCCCC)C(F)c1ccccc1C(=O)OC. The predicted octanol–water partition coefficient (Wildman–Crippen LogP) is 3.38. The van der Waals surface area contributed by atoms with Gasteiger partial charge in [0.1, 0.15) is 0 Å². The van der Waals surface area contributed by atoms with Gasteiger partial charge in [0, 0.05) is 5.56 Å². The first-order chi connectivity index (χ1) is 10.0. The molecular weight excluding hydrogens is 275 g/mol. The maximum absolute atomic E-state index is 14.4. The second-order valence-electron chi connectivity index (χ2n) is 4.46. The molecule has 0 saturated heterocycles. The van der Waals surface area contributed by atoms with Crippen LogP contribution in [0.1, 0.15) is 41.9 Å². The maximum Gasteiger partial charge on any atom is 0.338 e. The summed E-state index contributed by atoms with van der Waals surface area (Å²) in [6.45, 7) is 5.61. The Bertz CT molecular complexity index is 525. The van der Waals surface area contributed by atoms with Crippen molar-refractivity contribution in [3.8, 4) is 0 Å². The van der Waals surface area contributed by atoms with Crippen molar-refractivity contribution in [2.45, 2.75) is 25.9 Å². The lowest BCUT2D eigenvalue weighted by Gasteiger charge is -2.14. The first-order valence-corrected chi connectivity index (χ1v) is 6.70. The quantitative estimate of drug-likeness (QED) is 0.439. The van der Waals surface area contributed by atoms with Crippen LogP contribution in [0.2, 0.25) is 0 Å². The van der Waals surface area contributed by atoms with Gasteiger partial charge in [0.2, 0.25) is 0 Å². The lowest BCUT2D eigenvalue weighted by Crippen LogP contribution is -2.15. The fourth-order valence-corrected chi connectivity index (χ4v) is 1.71. The van der Waals surface area contributed by atoms with Crippen LogP contribution in [0.25, 0.3) is 0 Å². The summed E-state index contributed by atoms with van der Waals surface area (Å²) in [5.74, 6) is -1.46. The topological polar surface area (TPSA) is 52.6 Å². The minimum Gasteiger partial charge on any atom is -0.465 e. The van der Waals surface area contributed by atoms with Crippen molar-refractivity contribution in [2.24, 2.45) is 0 Å². The Hall–Kier alpha value is -2.17. The number of ether oxygens (including phenoxy) is 2. The summed E-state index contributed by atoms with van der Waals surface area (Å²) >= 11 is 0. The number of rotatable bonds is 7. The highest BCUT2D eigenvalue weighted by atomic mass is 19.1. The monoisotopic (exact) mass is 294 g/mol. The molecule has 1 atom stereocenters. The van der Waals surface area contributed by atoms with E-state index in [4.69, 9.17) is 4.74 Å². The molecule has 0 amide bonds. The number of alkyl halides is 1. The second kappa shape index (κ2) is 8.19. The third-order valence-electron chi connectivity index (χ3n) is 2.94. The van der Waals surface area contributed by atoms with Crippen molar-refractivity contribution < 1.29 is 23.5 Å². The molecule has 0 aliphatic heterocycles. The van der Waals surface area contributed by atoms with Crippen molar-refractivity contribution in [1.82, 2.24) is 0 Å². The highest BCUT2D eigenvalue weighted by Gasteiger charge is 2.26. The Morgan fingerprint density at radius 2 is 2.00 bits per heavy atom. The zero-order valence-corrected chi connectivity index (χ0v) is 12.2. The van der Waals surface area contributed by atoms with Crippen LogP contribution in [-0.2, 0) is 14.3 Å². The van der Waals surface area contributed by atoms with Crippen LogP contribution in [0.4, 0.5) is 4.39 Å². The van der Waals surface area contributed by atoms with Gasteiger partial charge in [-0.3, -0.25) is 0 Å². The van der Waals surface area contributed by atoms with Crippen LogP contribution in [-0.4, -0.2) is 25.7 Å². The van der Waals surface area contributed by atoms with Crippen LogP contribution in [0, 0.1) is 0 Å². The van der Waals surface area contributed by atoms with Gasteiger partial charge in [-0.05, 0) is 12.5 Å². The van der Waals surface area contributed by atoms with E-state index in [0.29, 0.717) is 6.42 Å². The molecule has 21 heavy (non-hydrogen) atoms. The molecule has 114 valence electrons. The number of esters is 2. The second-order valence-corrected chi connectivity index (χ2v) is 4.46. The Morgan fingerprint density at radius 1 is 1.33 bits per heavy atom. The Labute approximate surface area is 123 Å². The lowest BCUT2D eigenvalue weighted by atomic mass is 9.98. The molecule has 0 radical (unpaired) electrons. The standard InChI is InChI=1S/C16H19FO4/c1-4-5-10-21-15(18)11(2)14(17)12-8-6-7-9-13(12)16(19)20-3/h6-9,14H,2,4-5,10H2,1,3H3.